The Morgan fingerprint density at radius 1 is 1.38 bits per heavy atom. The number of hydrogen-bond donors (Lipinski definition) is 2. The molecular formula is C13H16N6O2. The van der Waals surface area contributed by atoms with Gasteiger partial charge in [0.1, 0.15) is 6.20 Å². The van der Waals surface area contributed by atoms with Gasteiger partial charge in [0.2, 0.25) is 11.8 Å². The minimum absolute atomic E-state index is 0.0250. The van der Waals surface area contributed by atoms with Crippen molar-refractivity contribution in [2.75, 3.05) is 30.0 Å². The molecule has 0 saturated heterocycles. The van der Waals surface area contributed by atoms with Crippen LogP contribution in [0, 0.1) is 17.0 Å². The molecule has 2 rings (SSSR count). The quantitative estimate of drug-likeness (QED) is 0.654. The zero-order valence-corrected chi connectivity index (χ0v) is 12.0. The Bertz CT molecular complexity index is 686. The largest absolute Gasteiger partial charge is 0.377 e. The predicted molar refractivity (Wildman–Crippen MR) is 81.9 cm³/mol. The molecule has 8 heteroatoms. The van der Waals surface area contributed by atoms with Gasteiger partial charge in [-0.1, -0.05) is 6.07 Å². The summed E-state index contributed by atoms with van der Waals surface area (Å²) in [6, 6.07) is 5.63. The van der Waals surface area contributed by atoms with E-state index in [0.717, 1.165) is 17.4 Å². The Balaban J connectivity index is 2.40. The van der Waals surface area contributed by atoms with Crippen molar-refractivity contribution in [3.8, 4) is 0 Å². The lowest BCUT2D eigenvalue weighted by Gasteiger charge is -2.17. The molecule has 0 unspecified atom stereocenters. The zero-order chi connectivity index (χ0) is 15.6. The van der Waals surface area contributed by atoms with Crippen LogP contribution in [-0.4, -0.2) is 29.0 Å². The van der Waals surface area contributed by atoms with Crippen LogP contribution in [0.3, 0.4) is 0 Å². The fourth-order valence-corrected chi connectivity index (χ4v) is 1.92. The second kappa shape index (κ2) is 5.61. The lowest BCUT2D eigenvalue weighted by molar-refractivity contribution is -0.384. The molecule has 0 amide bonds. The molecule has 21 heavy (non-hydrogen) atoms. The number of nitrogen functional groups attached to an aromatic ring is 1. The highest BCUT2D eigenvalue weighted by Crippen LogP contribution is 2.28. The number of nitro groups is 1. The zero-order valence-electron chi connectivity index (χ0n) is 12.0. The molecule has 0 aliphatic heterocycles. The van der Waals surface area contributed by atoms with Gasteiger partial charge >= 0.3 is 5.69 Å². The molecule has 0 spiro atoms. The van der Waals surface area contributed by atoms with Crippen molar-refractivity contribution in [2.24, 2.45) is 0 Å². The van der Waals surface area contributed by atoms with Gasteiger partial charge in [-0.2, -0.15) is 4.98 Å². The van der Waals surface area contributed by atoms with Gasteiger partial charge in [-0.25, -0.2) is 4.98 Å². The number of nitrogens with zero attached hydrogens (tertiary/aromatic N) is 4. The van der Waals surface area contributed by atoms with Crippen LogP contribution in [0.4, 0.5) is 28.8 Å². The van der Waals surface area contributed by atoms with Crippen molar-refractivity contribution >= 4 is 28.8 Å². The van der Waals surface area contributed by atoms with E-state index >= 15 is 0 Å². The van der Waals surface area contributed by atoms with Crippen LogP contribution in [0.5, 0.6) is 0 Å². The third-order valence-corrected chi connectivity index (χ3v) is 2.94. The Morgan fingerprint density at radius 2 is 2.10 bits per heavy atom. The SMILES string of the molecule is Cc1ccc(Nc2nc(N)ncc2[N+](=O)[O-])cc1N(C)C. The molecule has 2 aromatic rings. The number of aromatic nitrogens is 2. The minimum atomic E-state index is -0.553. The lowest BCUT2D eigenvalue weighted by atomic mass is 10.1. The molecular weight excluding hydrogens is 272 g/mol. The monoisotopic (exact) mass is 288 g/mol. The molecule has 1 aromatic carbocycles. The Hall–Kier alpha value is -2.90. The van der Waals surface area contributed by atoms with E-state index in [1.165, 1.54) is 0 Å². The van der Waals surface area contributed by atoms with Gasteiger partial charge in [0, 0.05) is 25.5 Å². The van der Waals surface area contributed by atoms with Gasteiger partial charge in [-0.3, -0.25) is 10.1 Å². The molecule has 0 bridgehead atoms. The van der Waals surface area contributed by atoms with Gasteiger partial charge in [0.25, 0.3) is 0 Å². The molecule has 0 fully saturated rings. The van der Waals surface area contributed by atoms with E-state index in [2.05, 4.69) is 15.3 Å². The first-order valence-corrected chi connectivity index (χ1v) is 6.20. The summed E-state index contributed by atoms with van der Waals surface area (Å²) in [5, 5.41) is 13.9. The summed E-state index contributed by atoms with van der Waals surface area (Å²) in [7, 11) is 3.86. The minimum Gasteiger partial charge on any atom is -0.377 e. The third-order valence-electron chi connectivity index (χ3n) is 2.94. The Labute approximate surface area is 121 Å². The van der Waals surface area contributed by atoms with Crippen molar-refractivity contribution in [1.82, 2.24) is 9.97 Å². The topological polar surface area (TPSA) is 110 Å². The first kappa shape index (κ1) is 14.5. The average molecular weight is 288 g/mol. The standard InChI is InChI=1S/C13H16N6O2/c1-8-4-5-9(6-10(8)18(2)3)16-12-11(19(20)21)7-15-13(14)17-12/h4-7H,1-3H3,(H3,14,15,16,17). The van der Waals surface area contributed by atoms with Crippen molar-refractivity contribution in [3.63, 3.8) is 0 Å². The van der Waals surface area contributed by atoms with E-state index in [0.29, 0.717) is 5.69 Å². The highest BCUT2D eigenvalue weighted by atomic mass is 16.6. The molecule has 8 nitrogen and oxygen atoms in total. The predicted octanol–water partition coefficient (Wildman–Crippen LogP) is 2.09. The van der Waals surface area contributed by atoms with Crippen LogP contribution < -0.4 is 16.0 Å². The summed E-state index contributed by atoms with van der Waals surface area (Å²) in [5.74, 6) is 0.0455. The molecule has 1 aromatic heterocycles. The summed E-state index contributed by atoms with van der Waals surface area (Å²) in [4.78, 5) is 19.9. The molecule has 0 saturated carbocycles. The van der Waals surface area contributed by atoms with Gasteiger partial charge in [0.15, 0.2) is 0 Å². The van der Waals surface area contributed by atoms with Gasteiger partial charge in [-0.15, -0.1) is 0 Å². The van der Waals surface area contributed by atoms with Crippen molar-refractivity contribution in [2.45, 2.75) is 6.92 Å². The normalized spacial score (nSPS) is 10.2. The van der Waals surface area contributed by atoms with E-state index in [4.69, 9.17) is 5.73 Å². The molecule has 0 aliphatic carbocycles. The maximum absolute atomic E-state index is 11.0. The van der Waals surface area contributed by atoms with E-state index in [1.54, 1.807) is 0 Å². The number of nitrogens with one attached hydrogen (secondary N) is 1. The number of hydrogen-bond acceptors (Lipinski definition) is 7. The fourth-order valence-electron chi connectivity index (χ4n) is 1.92. The van der Waals surface area contributed by atoms with Crippen molar-refractivity contribution in [3.05, 3.63) is 40.1 Å². The van der Waals surface area contributed by atoms with E-state index in [-0.39, 0.29) is 17.5 Å². The lowest BCUT2D eigenvalue weighted by Crippen LogP contribution is -2.11. The smallest absolute Gasteiger partial charge is 0.329 e. The van der Waals surface area contributed by atoms with Gasteiger partial charge < -0.3 is 16.0 Å². The van der Waals surface area contributed by atoms with Crippen molar-refractivity contribution < 1.29 is 4.92 Å². The Kier molecular flexibility index (Phi) is 3.88. The first-order chi connectivity index (χ1) is 9.88. The van der Waals surface area contributed by atoms with E-state index in [9.17, 15) is 10.1 Å². The van der Waals surface area contributed by atoms with Crippen molar-refractivity contribution in [1.29, 1.82) is 0 Å². The number of nitrogens with two attached hydrogens (primary N) is 1. The van der Waals surface area contributed by atoms with Crippen LogP contribution in [-0.2, 0) is 0 Å². The number of rotatable bonds is 4. The number of anilines is 4. The van der Waals surface area contributed by atoms with Crippen LogP contribution in [0.25, 0.3) is 0 Å². The van der Waals surface area contributed by atoms with Crippen LogP contribution in [0.1, 0.15) is 5.56 Å². The molecule has 0 atom stereocenters. The molecule has 0 radical (unpaired) electrons. The van der Waals surface area contributed by atoms with Gasteiger partial charge in [0.05, 0.1) is 4.92 Å². The van der Waals surface area contributed by atoms with Crippen LogP contribution in [0.2, 0.25) is 0 Å². The average Bonchev–Trinajstić information content (AvgIpc) is 2.40. The summed E-state index contributed by atoms with van der Waals surface area (Å²) >= 11 is 0. The van der Waals surface area contributed by atoms with E-state index < -0.39 is 4.92 Å². The molecule has 110 valence electrons. The van der Waals surface area contributed by atoms with Gasteiger partial charge in [-0.05, 0) is 24.6 Å². The summed E-state index contributed by atoms with van der Waals surface area (Å²) in [5.41, 5.74) is 8.05. The maximum Gasteiger partial charge on any atom is 0.329 e. The van der Waals surface area contributed by atoms with Crippen LogP contribution in [0.15, 0.2) is 24.4 Å². The second-order valence-electron chi connectivity index (χ2n) is 4.74. The maximum atomic E-state index is 11.0. The number of aryl methyl sites for hydroxylation is 1. The van der Waals surface area contributed by atoms with E-state index in [1.807, 2.05) is 44.1 Å². The molecule has 3 N–H and O–H groups in total. The van der Waals surface area contributed by atoms with Crippen LogP contribution >= 0.6 is 0 Å². The highest BCUT2D eigenvalue weighted by molar-refractivity contribution is 5.70. The Morgan fingerprint density at radius 3 is 2.71 bits per heavy atom. The fraction of sp³-hybridized carbons (Fsp3) is 0.231. The number of benzene rings is 1. The summed E-state index contributed by atoms with van der Waals surface area (Å²) in [6.45, 7) is 1.99. The first-order valence-electron chi connectivity index (χ1n) is 6.20. The summed E-state index contributed by atoms with van der Waals surface area (Å²) in [6.07, 6.45) is 1.09. The summed E-state index contributed by atoms with van der Waals surface area (Å²) < 4.78 is 0. The third kappa shape index (κ3) is 3.16. The highest BCUT2D eigenvalue weighted by Gasteiger charge is 2.17. The molecule has 0 aliphatic rings. The second-order valence-corrected chi connectivity index (χ2v) is 4.74. The molecule has 1 heterocycles.